The number of nitrogens with one attached hydrogen (secondary N) is 1. The van der Waals surface area contributed by atoms with Gasteiger partial charge in [0.2, 0.25) is 0 Å². The highest BCUT2D eigenvalue weighted by atomic mass is 15.3. The minimum atomic E-state index is 0.308. The first kappa shape index (κ1) is 29.8. The number of fused-ring (bicyclic) bond motifs is 5. The van der Waals surface area contributed by atoms with Crippen LogP contribution in [0.2, 0.25) is 0 Å². The van der Waals surface area contributed by atoms with Crippen LogP contribution in [-0.2, 0) is 0 Å². The molecule has 2 heterocycles. The summed E-state index contributed by atoms with van der Waals surface area (Å²) in [5, 5.41) is 4.39. The third kappa shape index (κ3) is 5.39. The van der Waals surface area contributed by atoms with Crippen molar-refractivity contribution in [3.8, 4) is 0 Å². The maximum Gasteiger partial charge on any atom is 0.0698 e. The number of rotatable bonds is 4. The highest BCUT2D eigenvalue weighted by Gasteiger charge is 2.49. The molecule has 0 saturated carbocycles. The van der Waals surface area contributed by atoms with Crippen LogP contribution in [0.4, 0.5) is 0 Å². The third-order valence-corrected chi connectivity index (χ3v) is 13.3. The average molecular weight is 622 g/mol. The summed E-state index contributed by atoms with van der Waals surface area (Å²) in [5.74, 6) is 4.86. The Morgan fingerprint density at radius 2 is 1.74 bits per heavy atom. The van der Waals surface area contributed by atoms with E-state index in [4.69, 9.17) is 0 Å². The maximum absolute atomic E-state index is 4.66. The predicted molar refractivity (Wildman–Crippen MR) is 194 cm³/mol. The van der Waals surface area contributed by atoms with Crippen LogP contribution >= 0.6 is 0 Å². The van der Waals surface area contributed by atoms with Crippen molar-refractivity contribution in [2.45, 2.75) is 76.0 Å². The summed E-state index contributed by atoms with van der Waals surface area (Å²) in [4.78, 5) is 7.46. The van der Waals surface area contributed by atoms with E-state index >= 15 is 0 Å². The lowest BCUT2D eigenvalue weighted by atomic mass is 9.59. The first-order chi connectivity index (χ1) is 23.2. The van der Waals surface area contributed by atoms with Gasteiger partial charge in [-0.1, -0.05) is 102 Å². The smallest absolute Gasteiger partial charge is 0.0698 e. The Hall–Kier alpha value is -3.27. The molecule has 11 atom stereocenters. The average Bonchev–Trinajstić information content (AvgIpc) is 3.15. The van der Waals surface area contributed by atoms with Crippen LogP contribution in [0.15, 0.2) is 126 Å². The molecule has 11 unspecified atom stereocenters. The molecule has 0 amide bonds. The minimum absolute atomic E-state index is 0.308. The second-order valence-electron chi connectivity index (χ2n) is 15.6. The van der Waals surface area contributed by atoms with Crippen LogP contribution in [0.1, 0.15) is 63.5 Å². The van der Waals surface area contributed by atoms with E-state index < -0.39 is 0 Å². The van der Waals surface area contributed by atoms with Gasteiger partial charge >= 0.3 is 0 Å². The third-order valence-electron chi connectivity index (χ3n) is 13.3. The Morgan fingerprint density at radius 1 is 0.851 bits per heavy atom. The minimum Gasteiger partial charge on any atom is -0.295 e. The molecule has 7 aliphatic carbocycles. The molecule has 3 nitrogen and oxygen atoms in total. The number of nitrogens with zero attached hydrogens (tertiary/aromatic N) is 2. The molecule has 8 aliphatic rings. The summed E-state index contributed by atoms with van der Waals surface area (Å²) in [5.41, 5.74) is 7.48. The van der Waals surface area contributed by atoms with E-state index in [0.717, 1.165) is 12.1 Å². The van der Waals surface area contributed by atoms with Crippen molar-refractivity contribution >= 4 is 5.57 Å². The van der Waals surface area contributed by atoms with E-state index in [2.05, 4.69) is 119 Å². The van der Waals surface area contributed by atoms with Crippen molar-refractivity contribution < 1.29 is 0 Å². The lowest BCUT2D eigenvalue weighted by molar-refractivity contribution is 0.00478. The number of hydrogen-bond donors (Lipinski definition) is 1. The second kappa shape index (κ2) is 12.6. The molecule has 1 aliphatic heterocycles. The molecule has 0 spiro atoms. The summed E-state index contributed by atoms with van der Waals surface area (Å²) in [7, 11) is 2.45. The van der Waals surface area contributed by atoms with Gasteiger partial charge < -0.3 is 0 Å². The van der Waals surface area contributed by atoms with Crippen molar-refractivity contribution in [3.05, 3.63) is 132 Å². The van der Waals surface area contributed by atoms with Crippen LogP contribution in [0.3, 0.4) is 0 Å². The van der Waals surface area contributed by atoms with Gasteiger partial charge in [0.25, 0.3) is 0 Å². The lowest BCUT2D eigenvalue weighted by Crippen LogP contribution is -2.65. The molecule has 1 saturated heterocycles. The Balaban J connectivity index is 1.08. The quantitative estimate of drug-likeness (QED) is 0.340. The van der Waals surface area contributed by atoms with Crippen LogP contribution in [0.5, 0.6) is 0 Å². The van der Waals surface area contributed by atoms with Crippen LogP contribution in [-0.4, -0.2) is 35.2 Å². The second-order valence-corrected chi connectivity index (χ2v) is 15.6. The van der Waals surface area contributed by atoms with E-state index in [0.29, 0.717) is 65.6 Å². The molecular weight excluding hydrogens is 571 g/mol. The normalized spacial score (nSPS) is 40.7. The zero-order valence-electron chi connectivity index (χ0n) is 28.0. The molecule has 1 aromatic rings. The highest BCUT2D eigenvalue weighted by molar-refractivity contribution is 5.72. The first-order valence-corrected chi connectivity index (χ1v) is 18.8. The molecule has 242 valence electrons. The van der Waals surface area contributed by atoms with Gasteiger partial charge in [-0.15, -0.1) is 0 Å². The van der Waals surface area contributed by atoms with Crippen molar-refractivity contribution in [2.24, 2.45) is 47.3 Å². The maximum atomic E-state index is 4.66. The fourth-order valence-corrected chi connectivity index (χ4v) is 11.1. The summed E-state index contributed by atoms with van der Waals surface area (Å²) in [6.07, 6.45) is 48.1. The summed E-state index contributed by atoms with van der Waals surface area (Å²) in [6.45, 7) is 0. The van der Waals surface area contributed by atoms with Gasteiger partial charge in [0.15, 0.2) is 0 Å². The molecule has 9 rings (SSSR count). The SMILES string of the molecule is CN1C(C2CC3=C(C=CCC3)C3C=CC=CC32)CC(C2=CC3CCC=CC3C3C=CCCC23)NC1C1C=CC(c2ccccn2)=CC1. The topological polar surface area (TPSA) is 28.2 Å². The van der Waals surface area contributed by atoms with Gasteiger partial charge in [0.05, 0.1) is 11.9 Å². The molecule has 1 fully saturated rings. The summed E-state index contributed by atoms with van der Waals surface area (Å²) >= 11 is 0. The van der Waals surface area contributed by atoms with E-state index in [1.165, 1.54) is 56.9 Å². The van der Waals surface area contributed by atoms with Gasteiger partial charge in [-0.05, 0) is 124 Å². The van der Waals surface area contributed by atoms with Gasteiger partial charge in [-0.2, -0.15) is 0 Å². The van der Waals surface area contributed by atoms with E-state index in [1.54, 1.807) is 16.7 Å². The zero-order valence-corrected chi connectivity index (χ0v) is 28.0. The number of pyridine rings is 1. The number of hydrogen-bond acceptors (Lipinski definition) is 3. The Labute approximate surface area is 282 Å². The summed E-state index contributed by atoms with van der Waals surface area (Å²) in [6, 6.07) is 7.22. The van der Waals surface area contributed by atoms with Crippen molar-refractivity contribution in [2.75, 3.05) is 7.05 Å². The molecule has 0 bridgehead atoms. The van der Waals surface area contributed by atoms with Crippen LogP contribution in [0, 0.1) is 47.3 Å². The molecule has 1 aromatic heterocycles. The van der Waals surface area contributed by atoms with E-state index in [1.807, 2.05) is 12.3 Å². The number of aromatic nitrogens is 1. The van der Waals surface area contributed by atoms with Crippen molar-refractivity contribution in [1.82, 2.24) is 15.2 Å². The molecule has 1 N–H and O–H groups in total. The summed E-state index contributed by atoms with van der Waals surface area (Å²) < 4.78 is 0. The Bertz CT molecular complexity index is 1630. The van der Waals surface area contributed by atoms with E-state index in [9.17, 15) is 0 Å². The molecule has 47 heavy (non-hydrogen) atoms. The van der Waals surface area contributed by atoms with Gasteiger partial charge in [-0.25, -0.2) is 0 Å². The first-order valence-electron chi connectivity index (χ1n) is 18.8. The van der Waals surface area contributed by atoms with Gasteiger partial charge in [0, 0.05) is 30.1 Å². The fraction of sp³-hybridized carbons (Fsp3) is 0.477. The largest absolute Gasteiger partial charge is 0.295 e. The van der Waals surface area contributed by atoms with Crippen LogP contribution < -0.4 is 5.32 Å². The van der Waals surface area contributed by atoms with Crippen LogP contribution in [0.25, 0.3) is 5.57 Å². The monoisotopic (exact) mass is 621 g/mol. The zero-order chi connectivity index (χ0) is 31.3. The molecule has 3 heteroatoms. The predicted octanol–water partition coefficient (Wildman–Crippen LogP) is 9.16. The Morgan fingerprint density at radius 3 is 2.62 bits per heavy atom. The number of allylic oxidation sites excluding steroid dienone is 16. The molecular formula is C44H51N3. The lowest BCUT2D eigenvalue weighted by Gasteiger charge is -2.55. The standard InChI is InChI=1S/C44H51N3/c1-47-43(40-27-32-13-3-5-15-34(32)36-17-7-9-19-38(36)40)28-42(39-26-31-12-2-4-14-33(31)35-16-6-8-18-37(35)39)46-44(47)30-23-21-29(22-24-30)41-20-10-11-25-45-41/h4-7,9-11,14-17,19-23,25-26,30-31,33,35-38,40,42-44,46H,2-3,8,12-13,18,24,27-28H2,1H3. The molecule has 0 radical (unpaired) electrons. The van der Waals surface area contributed by atoms with Crippen molar-refractivity contribution in [3.63, 3.8) is 0 Å². The highest BCUT2D eigenvalue weighted by Crippen LogP contribution is 2.52. The fourth-order valence-electron chi connectivity index (χ4n) is 11.1. The van der Waals surface area contributed by atoms with Crippen molar-refractivity contribution in [1.29, 1.82) is 0 Å². The Kier molecular flexibility index (Phi) is 8.02. The van der Waals surface area contributed by atoms with E-state index in [-0.39, 0.29) is 0 Å². The molecule has 0 aromatic carbocycles. The van der Waals surface area contributed by atoms with Gasteiger partial charge in [0.1, 0.15) is 0 Å². The van der Waals surface area contributed by atoms with Gasteiger partial charge in [-0.3, -0.25) is 15.2 Å².